The number of aromatic nitrogens is 5. The number of nitrogens with zero attached hydrogens (tertiary/aromatic N) is 5. The fourth-order valence-electron chi connectivity index (χ4n) is 3.13. The minimum atomic E-state index is -4.58. The second-order valence-electron chi connectivity index (χ2n) is 6.65. The summed E-state index contributed by atoms with van der Waals surface area (Å²) in [5.74, 6) is -0.488. The predicted octanol–water partition coefficient (Wildman–Crippen LogP) is 3.69. The lowest BCUT2D eigenvalue weighted by Gasteiger charge is -2.09. The monoisotopic (exact) mass is 415 g/mol. The number of hydrogen-bond acceptors (Lipinski definition) is 5. The molecule has 0 atom stereocenters. The van der Waals surface area contributed by atoms with Gasteiger partial charge in [0.15, 0.2) is 5.69 Å². The first kappa shape index (κ1) is 19.6. The van der Waals surface area contributed by atoms with E-state index >= 15 is 0 Å². The Hall–Kier alpha value is -3.69. The molecule has 0 unspecified atom stereocenters. The van der Waals surface area contributed by atoms with E-state index in [0.29, 0.717) is 33.4 Å². The Morgan fingerprint density at radius 2 is 1.70 bits per heavy atom. The molecule has 0 fully saturated rings. The molecule has 0 aliphatic rings. The third-order valence-corrected chi connectivity index (χ3v) is 4.55. The maximum atomic E-state index is 13.3. The highest BCUT2D eigenvalue weighted by molar-refractivity contribution is 5.89. The van der Waals surface area contributed by atoms with Crippen molar-refractivity contribution in [3.8, 4) is 11.3 Å². The number of benzene rings is 2. The van der Waals surface area contributed by atoms with E-state index in [-0.39, 0.29) is 6.54 Å². The molecule has 2 heterocycles. The second kappa shape index (κ2) is 7.29. The first-order valence-corrected chi connectivity index (χ1v) is 8.88. The van der Waals surface area contributed by atoms with Crippen LogP contribution in [0.15, 0.2) is 48.5 Å². The molecule has 7 nitrogen and oxygen atoms in total. The van der Waals surface area contributed by atoms with Crippen LogP contribution in [0.25, 0.3) is 22.3 Å². The number of halogens is 3. The van der Waals surface area contributed by atoms with Crippen LogP contribution in [0, 0.1) is 0 Å². The first-order chi connectivity index (χ1) is 14.2. The van der Waals surface area contributed by atoms with E-state index in [4.69, 9.17) is 0 Å². The first-order valence-electron chi connectivity index (χ1n) is 8.88. The molecule has 154 valence electrons. The third kappa shape index (κ3) is 3.76. The average molecular weight is 415 g/mol. The van der Waals surface area contributed by atoms with E-state index in [1.165, 1.54) is 16.6 Å². The topological polar surface area (TPSA) is 74.8 Å². The second-order valence-corrected chi connectivity index (χ2v) is 6.65. The van der Waals surface area contributed by atoms with Crippen molar-refractivity contribution in [2.75, 3.05) is 7.11 Å². The van der Waals surface area contributed by atoms with E-state index < -0.39 is 17.8 Å². The van der Waals surface area contributed by atoms with Crippen LogP contribution < -0.4 is 0 Å². The largest absolute Gasteiger partial charge is 0.465 e. The number of carbonyl (C=O) groups is 1. The van der Waals surface area contributed by atoms with Crippen molar-refractivity contribution < 1.29 is 22.7 Å². The van der Waals surface area contributed by atoms with Gasteiger partial charge in [-0.2, -0.15) is 33.3 Å². The summed E-state index contributed by atoms with van der Waals surface area (Å²) < 4.78 is 45.9. The summed E-state index contributed by atoms with van der Waals surface area (Å²) >= 11 is 0. The Bertz CT molecular complexity index is 1230. The molecule has 4 aromatic rings. The number of carbonyl (C=O) groups excluding carboxylic acids is 1. The number of esters is 1. The van der Waals surface area contributed by atoms with Crippen molar-refractivity contribution in [1.82, 2.24) is 24.8 Å². The summed E-state index contributed by atoms with van der Waals surface area (Å²) in [6, 6.07) is 12.5. The van der Waals surface area contributed by atoms with Crippen LogP contribution in [-0.4, -0.2) is 37.9 Å². The number of ether oxygens (including phenoxy) is 1. The zero-order chi connectivity index (χ0) is 21.5. The maximum absolute atomic E-state index is 13.3. The zero-order valence-electron chi connectivity index (χ0n) is 16.0. The van der Waals surface area contributed by atoms with Gasteiger partial charge in [0.25, 0.3) is 0 Å². The van der Waals surface area contributed by atoms with Gasteiger partial charge in [-0.05, 0) is 35.9 Å². The van der Waals surface area contributed by atoms with Gasteiger partial charge in [-0.1, -0.05) is 18.2 Å². The fourth-order valence-corrected chi connectivity index (χ4v) is 3.13. The van der Waals surface area contributed by atoms with Crippen molar-refractivity contribution in [1.29, 1.82) is 0 Å². The van der Waals surface area contributed by atoms with Gasteiger partial charge in [-0.3, -0.25) is 4.68 Å². The number of rotatable bonds is 4. The molecule has 0 radical (unpaired) electrons. The summed E-state index contributed by atoms with van der Waals surface area (Å²) in [6.07, 6.45) is -4.58. The molecule has 0 saturated heterocycles. The van der Waals surface area contributed by atoms with Crippen molar-refractivity contribution in [2.45, 2.75) is 12.7 Å². The van der Waals surface area contributed by atoms with Crippen LogP contribution in [0.3, 0.4) is 0 Å². The molecule has 0 aliphatic carbocycles. The minimum absolute atomic E-state index is 0.0887. The Kier molecular flexibility index (Phi) is 4.76. The van der Waals surface area contributed by atoms with E-state index in [2.05, 4.69) is 20.0 Å². The Morgan fingerprint density at radius 1 is 1.00 bits per heavy atom. The molecule has 0 bridgehead atoms. The molecule has 0 spiro atoms. The van der Waals surface area contributed by atoms with E-state index in [9.17, 15) is 18.0 Å². The Balaban J connectivity index is 1.74. The number of fused-ring (bicyclic) bond motifs is 1. The smallest absolute Gasteiger partial charge is 0.435 e. The molecule has 10 heteroatoms. The Labute approximate surface area is 168 Å². The number of aryl methyl sites for hydroxylation is 1. The highest BCUT2D eigenvalue weighted by Crippen LogP contribution is 2.33. The van der Waals surface area contributed by atoms with Crippen molar-refractivity contribution in [2.24, 2.45) is 7.05 Å². The average Bonchev–Trinajstić information content (AvgIpc) is 3.29. The highest BCUT2D eigenvalue weighted by atomic mass is 19.4. The molecule has 30 heavy (non-hydrogen) atoms. The number of alkyl halides is 3. The fraction of sp³-hybridized carbons (Fsp3) is 0.200. The molecule has 2 aromatic carbocycles. The minimum Gasteiger partial charge on any atom is -0.465 e. The van der Waals surface area contributed by atoms with Crippen LogP contribution in [-0.2, 0) is 24.5 Å². The Morgan fingerprint density at radius 3 is 2.37 bits per heavy atom. The van der Waals surface area contributed by atoms with Gasteiger partial charge in [0, 0.05) is 12.6 Å². The summed E-state index contributed by atoms with van der Waals surface area (Å²) in [6.45, 7) is 0.0887. The normalized spacial score (nSPS) is 11.8. The lowest BCUT2D eigenvalue weighted by Crippen LogP contribution is -2.09. The van der Waals surface area contributed by atoms with Crippen molar-refractivity contribution in [3.05, 3.63) is 65.4 Å². The van der Waals surface area contributed by atoms with Gasteiger partial charge < -0.3 is 4.74 Å². The maximum Gasteiger partial charge on any atom is 0.435 e. The van der Waals surface area contributed by atoms with Crippen LogP contribution in [0.5, 0.6) is 0 Å². The quantitative estimate of drug-likeness (QED) is 0.476. The van der Waals surface area contributed by atoms with Gasteiger partial charge in [-0.25, -0.2) is 4.79 Å². The van der Waals surface area contributed by atoms with Gasteiger partial charge in [0.05, 0.1) is 24.9 Å². The van der Waals surface area contributed by atoms with E-state index in [0.717, 1.165) is 6.07 Å². The molecule has 2 aromatic heterocycles. The lowest BCUT2D eigenvalue weighted by molar-refractivity contribution is -0.141. The van der Waals surface area contributed by atoms with Crippen LogP contribution in [0.4, 0.5) is 13.2 Å². The van der Waals surface area contributed by atoms with Crippen LogP contribution in [0.1, 0.15) is 21.6 Å². The number of hydrogen-bond donors (Lipinski definition) is 0. The number of methoxy groups -OCH3 is 1. The molecule has 4 rings (SSSR count). The summed E-state index contributed by atoms with van der Waals surface area (Å²) in [5, 5.41) is 12.2. The van der Waals surface area contributed by atoms with Crippen molar-refractivity contribution in [3.63, 3.8) is 0 Å². The van der Waals surface area contributed by atoms with E-state index in [1.807, 2.05) is 0 Å². The summed E-state index contributed by atoms with van der Waals surface area (Å²) in [5.41, 5.74) is 2.10. The van der Waals surface area contributed by atoms with Gasteiger partial charge in [0.1, 0.15) is 11.0 Å². The van der Waals surface area contributed by atoms with Crippen molar-refractivity contribution >= 4 is 17.0 Å². The van der Waals surface area contributed by atoms with Crippen LogP contribution in [0.2, 0.25) is 0 Å². The van der Waals surface area contributed by atoms with Gasteiger partial charge >= 0.3 is 12.1 Å². The predicted molar refractivity (Wildman–Crippen MR) is 102 cm³/mol. The van der Waals surface area contributed by atoms with Gasteiger partial charge in [-0.15, -0.1) is 0 Å². The molecule has 0 amide bonds. The van der Waals surface area contributed by atoms with E-state index in [1.54, 1.807) is 49.5 Å². The highest BCUT2D eigenvalue weighted by Gasteiger charge is 2.35. The summed E-state index contributed by atoms with van der Waals surface area (Å²) in [7, 11) is 2.95. The third-order valence-electron chi connectivity index (χ3n) is 4.55. The standard InChI is InChI=1S/C20H16F3N5O2/c1-27-24-15-8-7-14(9-16(15)25-27)17-10-18(20(21,22)23)26-28(17)11-12-3-5-13(6-4-12)19(29)30-2/h3-10H,11H2,1-2H3. The van der Waals surface area contributed by atoms with Gasteiger partial charge in [0.2, 0.25) is 0 Å². The molecular formula is C20H16F3N5O2. The molecule has 0 saturated carbocycles. The SMILES string of the molecule is COC(=O)c1ccc(Cn2nc(C(F)(F)F)cc2-c2ccc3nn(C)nc3c2)cc1. The van der Waals surface area contributed by atoms with Crippen LogP contribution >= 0.6 is 0 Å². The molecular weight excluding hydrogens is 399 g/mol. The zero-order valence-corrected chi connectivity index (χ0v) is 16.0. The lowest BCUT2D eigenvalue weighted by atomic mass is 10.1. The molecule has 0 aliphatic heterocycles. The summed E-state index contributed by atoms with van der Waals surface area (Å²) in [4.78, 5) is 13.0. The molecule has 0 N–H and O–H groups in total.